The summed E-state index contributed by atoms with van der Waals surface area (Å²) in [7, 11) is 0. The van der Waals surface area contributed by atoms with Crippen molar-refractivity contribution in [1.29, 1.82) is 0 Å². The number of alkyl halides is 1. The van der Waals surface area contributed by atoms with Gasteiger partial charge in [-0.25, -0.2) is 0 Å². The largest absolute Gasteiger partial charge is 0.494 e. The van der Waals surface area contributed by atoms with Crippen molar-refractivity contribution < 1.29 is 10.2 Å². The lowest BCUT2D eigenvalue weighted by Crippen LogP contribution is -1.96. The van der Waals surface area contributed by atoms with Crippen molar-refractivity contribution in [3.8, 4) is 17.4 Å². The summed E-state index contributed by atoms with van der Waals surface area (Å²) in [6.45, 7) is 1.90. The minimum absolute atomic E-state index is 0.0245. The number of aromatic hydroxyl groups is 2. The number of hydrogen-bond donors (Lipinski definition) is 2. The van der Waals surface area contributed by atoms with Crippen LogP contribution in [0.3, 0.4) is 0 Å². The molecule has 0 radical (unpaired) electrons. The molecule has 2 rings (SSSR count). The third kappa shape index (κ3) is 2.15. The average molecular weight is 317 g/mol. The van der Waals surface area contributed by atoms with Crippen molar-refractivity contribution in [2.75, 3.05) is 0 Å². The van der Waals surface area contributed by atoms with E-state index < -0.39 is 0 Å². The molecular formula is C12H11BrClNO2. The molecular weight excluding hydrogens is 305 g/mol. The summed E-state index contributed by atoms with van der Waals surface area (Å²) in [5.41, 5.74) is 2.16. The van der Waals surface area contributed by atoms with E-state index in [9.17, 15) is 10.2 Å². The summed E-state index contributed by atoms with van der Waals surface area (Å²) < 4.78 is 2.32. The summed E-state index contributed by atoms with van der Waals surface area (Å²) in [6.07, 6.45) is 0. The van der Waals surface area contributed by atoms with Gasteiger partial charge in [0.05, 0.1) is 11.6 Å². The van der Waals surface area contributed by atoms with Crippen LogP contribution in [-0.2, 0) is 5.88 Å². The fourth-order valence-electron chi connectivity index (χ4n) is 1.74. The van der Waals surface area contributed by atoms with Gasteiger partial charge in [-0.15, -0.1) is 11.6 Å². The van der Waals surface area contributed by atoms with Crippen molar-refractivity contribution >= 4 is 27.5 Å². The summed E-state index contributed by atoms with van der Waals surface area (Å²) in [5.74, 6) is 0.105. The third-order valence-corrected chi connectivity index (χ3v) is 3.36. The number of aryl methyl sites for hydroxylation is 1. The van der Waals surface area contributed by atoms with Gasteiger partial charge in [0.2, 0.25) is 5.88 Å². The van der Waals surface area contributed by atoms with Gasteiger partial charge < -0.3 is 10.2 Å². The zero-order valence-electron chi connectivity index (χ0n) is 9.11. The summed E-state index contributed by atoms with van der Waals surface area (Å²) in [4.78, 5) is 0. The molecule has 0 amide bonds. The summed E-state index contributed by atoms with van der Waals surface area (Å²) in [5, 5.41) is 19.8. The first kappa shape index (κ1) is 12.3. The second kappa shape index (κ2) is 4.63. The van der Waals surface area contributed by atoms with Gasteiger partial charge >= 0.3 is 0 Å². The lowest BCUT2D eigenvalue weighted by atomic mass is 10.2. The van der Waals surface area contributed by atoms with Gasteiger partial charge in [0.25, 0.3) is 0 Å². The number of aromatic nitrogens is 1. The van der Waals surface area contributed by atoms with Crippen LogP contribution < -0.4 is 0 Å². The molecule has 0 unspecified atom stereocenters. The second-order valence-electron chi connectivity index (χ2n) is 3.75. The molecule has 3 nitrogen and oxygen atoms in total. The van der Waals surface area contributed by atoms with Crippen molar-refractivity contribution in [2.45, 2.75) is 12.8 Å². The minimum Gasteiger partial charge on any atom is -0.494 e. The predicted molar refractivity (Wildman–Crippen MR) is 71.1 cm³/mol. The van der Waals surface area contributed by atoms with E-state index in [0.29, 0.717) is 5.56 Å². The smallest absolute Gasteiger partial charge is 0.203 e. The quantitative estimate of drug-likeness (QED) is 0.830. The molecule has 17 heavy (non-hydrogen) atoms. The van der Waals surface area contributed by atoms with E-state index in [1.54, 1.807) is 0 Å². The minimum atomic E-state index is -0.0251. The maximum atomic E-state index is 9.96. The van der Waals surface area contributed by atoms with E-state index in [0.717, 1.165) is 15.7 Å². The van der Waals surface area contributed by atoms with Crippen LogP contribution in [0.5, 0.6) is 11.8 Å². The van der Waals surface area contributed by atoms with E-state index in [1.165, 1.54) is 10.6 Å². The van der Waals surface area contributed by atoms with Gasteiger partial charge in [0, 0.05) is 16.1 Å². The van der Waals surface area contributed by atoms with Crippen LogP contribution in [-0.4, -0.2) is 14.8 Å². The fourth-order valence-corrected chi connectivity index (χ4v) is 2.41. The number of benzene rings is 1. The molecule has 90 valence electrons. The monoisotopic (exact) mass is 315 g/mol. The first-order valence-electron chi connectivity index (χ1n) is 4.99. The molecule has 0 fully saturated rings. The molecule has 0 bridgehead atoms. The lowest BCUT2D eigenvalue weighted by Gasteiger charge is -2.10. The van der Waals surface area contributed by atoms with Crippen LogP contribution in [0.1, 0.15) is 11.1 Å². The molecule has 2 aromatic rings. The Labute approximate surface area is 112 Å². The van der Waals surface area contributed by atoms with Crippen LogP contribution >= 0.6 is 27.5 Å². The number of hydrogen-bond acceptors (Lipinski definition) is 2. The van der Waals surface area contributed by atoms with Crippen molar-refractivity contribution in [2.24, 2.45) is 0 Å². The Bertz CT molecular complexity index is 566. The third-order valence-electron chi connectivity index (χ3n) is 2.58. The topological polar surface area (TPSA) is 45.4 Å². The first-order valence-corrected chi connectivity index (χ1v) is 6.32. The molecule has 2 N–H and O–H groups in total. The highest BCUT2D eigenvalue weighted by molar-refractivity contribution is 9.10. The van der Waals surface area contributed by atoms with E-state index in [-0.39, 0.29) is 17.6 Å². The van der Waals surface area contributed by atoms with E-state index in [1.807, 2.05) is 25.1 Å². The molecule has 0 saturated carbocycles. The first-order chi connectivity index (χ1) is 8.04. The Kier molecular flexibility index (Phi) is 3.35. The Morgan fingerprint density at radius 2 is 2.00 bits per heavy atom. The molecule has 1 aromatic carbocycles. The summed E-state index contributed by atoms with van der Waals surface area (Å²) >= 11 is 9.05. The fraction of sp³-hybridized carbons (Fsp3) is 0.167. The summed E-state index contributed by atoms with van der Waals surface area (Å²) in [6, 6.07) is 7.04. The van der Waals surface area contributed by atoms with Gasteiger partial charge in [-0.1, -0.05) is 15.9 Å². The Balaban J connectivity index is 2.64. The molecule has 0 aliphatic rings. The SMILES string of the molecule is Cc1cc(Br)ccc1-n1c(O)cc(CCl)c1O. The molecule has 5 heteroatoms. The van der Waals surface area contributed by atoms with Gasteiger partial charge in [-0.2, -0.15) is 0 Å². The van der Waals surface area contributed by atoms with Gasteiger partial charge in [-0.05, 0) is 30.7 Å². The van der Waals surface area contributed by atoms with Crippen LogP contribution in [0.4, 0.5) is 0 Å². The van der Waals surface area contributed by atoms with E-state index >= 15 is 0 Å². The zero-order chi connectivity index (χ0) is 12.6. The normalized spacial score (nSPS) is 10.8. The second-order valence-corrected chi connectivity index (χ2v) is 4.93. The number of nitrogens with zero attached hydrogens (tertiary/aromatic N) is 1. The molecule has 0 aliphatic carbocycles. The molecule has 0 aliphatic heterocycles. The maximum absolute atomic E-state index is 9.96. The highest BCUT2D eigenvalue weighted by Crippen LogP contribution is 2.34. The van der Waals surface area contributed by atoms with Crippen LogP contribution in [0, 0.1) is 6.92 Å². The average Bonchev–Trinajstić information content (AvgIpc) is 2.55. The molecule has 0 saturated heterocycles. The van der Waals surface area contributed by atoms with Crippen molar-refractivity contribution in [3.05, 3.63) is 39.9 Å². The van der Waals surface area contributed by atoms with Gasteiger partial charge in [0.15, 0.2) is 5.88 Å². The Morgan fingerprint density at radius 1 is 1.29 bits per heavy atom. The molecule has 0 spiro atoms. The molecule has 1 aromatic heterocycles. The predicted octanol–water partition coefficient (Wildman–Crippen LogP) is 3.70. The van der Waals surface area contributed by atoms with Gasteiger partial charge in [0.1, 0.15) is 0 Å². The zero-order valence-corrected chi connectivity index (χ0v) is 11.5. The number of rotatable bonds is 2. The highest BCUT2D eigenvalue weighted by Gasteiger charge is 2.15. The Hall–Kier alpha value is -1.13. The van der Waals surface area contributed by atoms with Crippen LogP contribution in [0.2, 0.25) is 0 Å². The maximum Gasteiger partial charge on any atom is 0.203 e. The van der Waals surface area contributed by atoms with Crippen molar-refractivity contribution in [3.63, 3.8) is 0 Å². The number of halogens is 2. The highest BCUT2D eigenvalue weighted by atomic mass is 79.9. The van der Waals surface area contributed by atoms with Crippen LogP contribution in [0.25, 0.3) is 5.69 Å². The lowest BCUT2D eigenvalue weighted by molar-refractivity contribution is 0.401. The Morgan fingerprint density at radius 3 is 2.53 bits per heavy atom. The van der Waals surface area contributed by atoms with Gasteiger partial charge in [-0.3, -0.25) is 4.57 Å². The van der Waals surface area contributed by atoms with Crippen LogP contribution in [0.15, 0.2) is 28.7 Å². The van der Waals surface area contributed by atoms with E-state index in [4.69, 9.17) is 11.6 Å². The molecule has 1 heterocycles. The van der Waals surface area contributed by atoms with E-state index in [2.05, 4.69) is 15.9 Å². The van der Waals surface area contributed by atoms with Crippen molar-refractivity contribution in [1.82, 2.24) is 4.57 Å². The molecule has 0 atom stereocenters. The standard InChI is InChI=1S/C12H11BrClNO2/c1-7-4-9(13)2-3-10(7)15-11(16)5-8(6-14)12(15)17/h2-5,16-17H,6H2,1H3.